The van der Waals surface area contributed by atoms with Gasteiger partial charge in [0.05, 0.1) is 23.1 Å². The summed E-state index contributed by atoms with van der Waals surface area (Å²) in [4.78, 5) is 8.46. The molecule has 2 aromatic heterocycles. The predicted molar refractivity (Wildman–Crippen MR) is 67.1 cm³/mol. The van der Waals surface area contributed by atoms with Crippen molar-refractivity contribution in [3.63, 3.8) is 0 Å². The van der Waals surface area contributed by atoms with Gasteiger partial charge in [-0.3, -0.25) is 4.98 Å². The van der Waals surface area contributed by atoms with Crippen LogP contribution in [-0.4, -0.2) is 9.97 Å². The quantitative estimate of drug-likeness (QED) is 0.912. The summed E-state index contributed by atoms with van der Waals surface area (Å²) < 4.78 is 12.8. The molecule has 0 amide bonds. The molecule has 1 atom stereocenters. The van der Waals surface area contributed by atoms with Crippen LogP contribution >= 0.6 is 11.3 Å². The largest absolute Gasteiger partial charge is 0.320 e. The van der Waals surface area contributed by atoms with Crippen molar-refractivity contribution in [3.8, 4) is 11.4 Å². The van der Waals surface area contributed by atoms with Crippen LogP contribution in [0.3, 0.4) is 0 Å². The highest BCUT2D eigenvalue weighted by atomic mass is 32.1. The van der Waals surface area contributed by atoms with Gasteiger partial charge in [0.15, 0.2) is 0 Å². The fraction of sp³-hybridized carbons (Fsp3) is 0.333. The highest BCUT2D eigenvalue weighted by molar-refractivity contribution is 7.10. The minimum atomic E-state index is -0.414. The first-order chi connectivity index (χ1) is 8.03. The molecule has 0 aliphatic carbocycles. The lowest BCUT2D eigenvalue weighted by Crippen LogP contribution is -2.31. The predicted octanol–water partition coefficient (Wildman–Crippen LogP) is 2.93. The number of pyridine rings is 1. The van der Waals surface area contributed by atoms with Crippen LogP contribution in [0.1, 0.15) is 25.3 Å². The molecule has 3 nitrogen and oxygen atoms in total. The van der Waals surface area contributed by atoms with Crippen LogP contribution in [0, 0.1) is 5.82 Å². The molecule has 0 spiro atoms. The maximum Gasteiger partial charge on any atom is 0.141 e. The van der Waals surface area contributed by atoms with Crippen LogP contribution in [0.15, 0.2) is 23.7 Å². The van der Waals surface area contributed by atoms with E-state index in [2.05, 4.69) is 9.97 Å². The zero-order valence-electron chi connectivity index (χ0n) is 9.77. The standard InChI is InChI=1S/C12H14FN3S/c1-3-12(2,14)11-16-10(7-17-11)9-5-4-8(13)6-15-9/h4-7H,3,14H2,1-2H3. The molecular weight excluding hydrogens is 237 g/mol. The number of rotatable bonds is 3. The molecular formula is C12H14FN3S. The first-order valence-corrected chi connectivity index (χ1v) is 6.27. The number of hydrogen-bond acceptors (Lipinski definition) is 4. The lowest BCUT2D eigenvalue weighted by atomic mass is 10.0. The topological polar surface area (TPSA) is 51.8 Å². The molecule has 0 fully saturated rings. The van der Waals surface area contributed by atoms with Gasteiger partial charge in [-0.15, -0.1) is 11.3 Å². The van der Waals surface area contributed by atoms with E-state index in [1.807, 2.05) is 19.2 Å². The third kappa shape index (κ3) is 2.50. The van der Waals surface area contributed by atoms with E-state index in [0.29, 0.717) is 5.69 Å². The van der Waals surface area contributed by atoms with Crippen LogP contribution in [-0.2, 0) is 5.54 Å². The zero-order chi connectivity index (χ0) is 12.5. The van der Waals surface area contributed by atoms with E-state index in [4.69, 9.17) is 5.73 Å². The van der Waals surface area contributed by atoms with Gasteiger partial charge in [0.25, 0.3) is 0 Å². The van der Waals surface area contributed by atoms with Crippen molar-refractivity contribution in [2.24, 2.45) is 5.73 Å². The number of nitrogens with two attached hydrogens (primary N) is 1. The third-order valence-corrected chi connectivity index (χ3v) is 3.84. The highest BCUT2D eigenvalue weighted by Gasteiger charge is 2.22. The van der Waals surface area contributed by atoms with Gasteiger partial charge in [0.2, 0.25) is 0 Å². The SMILES string of the molecule is CCC(C)(N)c1nc(-c2ccc(F)cn2)cs1. The summed E-state index contributed by atoms with van der Waals surface area (Å²) in [6.45, 7) is 3.98. The van der Waals surface area contributed by atoms with E-state index < -0.39 is 5.54 Å². The maximum atomic E-state index is 12.8. The van der Waals surface area contributed by atoms with Crippen LogP contribution in [0.25, 0.3) is 11.4 Å². The lowest BCUT2D eigenvalue weighted by molar-refractivity contribution is 0.474. The second-order valence-electron chi connectivity index (χ2n) is 4.17. The Labute approximate surface area is 104 Å². The van der Waals surface area contributed by atoms with E-state index in [9.17, 15) is 4.39 Å². The molecule has 2 heterocycles. The zero-order valence-corrected chi connectivity index (χ0v) is 10.6. The molecule has 90 valence electrons. The van der Waals surface area contributed by atoms with Crippen molar-refractivity contribution in [1.82, 2.24) is 9.97 Å². The van der Waals surface area contributed by atoms with E-state index in [1.165, 1.54) is 23.6 Å². The number of hydrogen-bond donors (Lipinski definition) is 1. The molecule has 0 radical (unpaired) electrons. The smallest absolute Gasteiger partial charge is 0.141 e. The van der Waals surface area contributed by atoms with Gasteiger partial charge in [0, 0.05) is 5.38 Å². The molecule has 0 aliphatic rings. The molecule has 0 bridgehead atoms. The summed E-state index contributed by atoms with van der Waals surface area (Å²) in [7, 11) is 0. The molecule has 2 rings (SSSR count). The van der Waals surface area contributed by atoms with Crippen molar-refractivity contribution in [2.75, 3.05) is 0 Å². The molecule has 5 heteroatoms. The highest BCUT2D eigenvalue weighted by Crippen LogP contribution is 2.28. The van der Waals surface area contributed by atoms with Gasteiger partial charge in [0.1, 0.15) is 10.8 Å². The van der Waals surface area contributed by atoms with Crippen LogP contribution < -0.4 is 5.73 Å². The van der Waals surface area contributed by atoms with E-state index >= 15 is 0 Å². The van der Waals surface area contributed by atoms with Crippen molar-refractivity contribution in [2.45, 2.75) is 25.8 Å². The summed E-state index contributed by atoms with van der Waals surface area (Å²) in [5.74, 6) is -0.346. The monoisotopic (exact) mass is 251 g/mol. The van der Waals surface area contributed by atoms with E-state index in [-0.39, 0.29) is 5.82 Å². The fourth-order valence-electron chi connectivity index (χ4n) is 1.33. The Morgan fingerprint density at radius 1 is 1.41 bits per heavy atom. The molecule has 0 aliphatic heterocycles. The maximum absolute atomic E-state index is 12.8. The molecule has 0 saturated heterocycles. The van der Waals surface area contributed by atoms with E-state index in [1.54, 1.807) is 6.07 Å². The summed E-state index contributed by atoms with van der Waals surface area (Å²) in [5.41, 5.74) is 7.12. The number of nitrogens with zero attached hydrogens (tertiary/aromatic N) is 2. The summed E-state index contributed by atoms with van der Waals surface area (Å²) >= 11 is 1.51. The van der Waals surface area contributed by atoms with Gasteiger partial charge in [-0.2, -0.15) is 0 Å². The molecule has 2 aromatic rings. The third-order valence-electron chi connectivity index (χ3n) is 2.72. The first kappa shape index (κ1) is 12.1. The fourth-order valence-corrected chi connectivity index (χ4v) is 2.29. The molecule has 0 saturated carbocycles. The van der Waals surface area contributed by atoms with Crippen LogP contribution in [0.5, 0.6) is 0 Å². The lowest BCUT2D eigenvalue weighted by Gasteiger charge is -2.18. The normalized spacial score (nSPS) is 14.6. The Hall–Kier alpha value is -1.33. The first-order valence-electron chi connectivity index (χ1n) is 5.40. The molecule has 1 unspecified atom stereocenters. The number of aromatic nitrogens is 2. The Kier molecular flexibility index (Phi) is 3.22. The van der Waals surface area contributed by atoms with Crippen LogP contribution in [0.2, 0.25) is 0 Å². The molecule has 2 N–H and O–H groups in total. The van der Waals surface area contributed by atoms with Gasteiger partial charge in [-0.1, -0.05) is 6.92 Å². The second kappa shape index (κ2) is 4.50. The average Bonchev–Trinajstić information content (AvgIpc) is 2.80. The Morgan fingerprint density at radius 3 is 2.76 bits per heavy atom. The Morgan fingerprint density at radius 2 is 2.18 bits per heavy atom. The van der Waals surface area contributed by atoms with Crippen molar-refractivity contribution >= 4 is 11.3 Å². The van der Waals surface area contributed by atoms with Crippen molar-refractivity contribution in [1.29, 1.82) is 0 Å². The summed E-state index contributed by atoms with van der Waals surface area (Å²) in [6, 6.07) is 3.00. The number of halogens is 1. The van der Waals surface area contributed by atoms with Crippen LogP contribution in [0.4, 0.5) is 4.39 Å². The van der Waals surface area contributed by atoms with Crippen molar-refractivity contribution < 1.29 is 4.39 Å². The summed E-state index contributed by atoms with van der Waals surface area (Å²) in [6.07, 6.45) is 2.01. The second-order valence-corrected chi connectivity index (χ2v) is 5.03. The Balaban J connectivity index is 2.33. The van der Waals surface area contributed by atoms with Gasteiger partial charge in [-0.25, -0.2) is 9.37 Å². The van der Waals surface area contributed by atoms with Gasteiger partial charge < -0.3 is 5.73 Å². The minimum Gasteiger partial charge on any atom is -0.320 e. The van der Waals surface area contributed by atoms with Gasteiger partial charge in [-0.05, 0) is 25.5 Å². The number of thiazole rings is 1. The summed E-state index contributed by atoms with van der Waals surface area (Å²) in [5, 5.41) is 2.78. The molecule has 0 aromatic carbocycles. The van der Waals surface area contributed by atoms with Crippen molar-refractivity contribution in [3.05, 3.63) is 34.5 Å². The Bertz CT molecular complexity index is 505. The van der Waals surface area contributed by atoms with E-state index in [0.717, 1.165) is 17.1 Å². The minimum absolute atomic E-state index is 0.346. The average molecular weight is 251 g/mol. The van der Waals surface area contributed by atoms with Gasteiger partial charge >= 0.3 is 0 Å². The molecule has 17 heavy (non-hydrogen) atoms.